The van der Waals surface area contributed by atoms with Gasteiger partial charge >= 0.3 is 0 Å². The minimum Gasteiger partial charge on any atom is -0.364 e. The van der Waals surface area contributed by atoms with Crippen LogP contribution in [0.2, 0.25) is 0 Å². The number of H-pyrrole nitrogens is 1. The van der Waals surface area contributed by atoms with E-state index in [0.29, 0.717) is 16.6 Å². The molecule has 4 aromatic rings. The zero-order valence-electron chi connectivity index (χ0n) is 12.7. The maximum Gasteiger partial charge on any atom is 0.269 e. The van der Waals surface area contributed by atoms with Crippen LogP contribution < -0.4 is 10.9 Å². The Morgan fingerprint density at radius 2 is 1.80 bits per heavy atom. The molecule has 0 saturated heterocycles. The number of carbonyl (C=O) groups is 1. The van der Waals surface area contributed by atoms with Crippen molar-refractivity contribution in [1.82, 2.24) is 20.0 Å². The maximum absolute atomic E-state index is 11.7. The number of benzene rings is 2. The lowest BCUT2D eigenvalue weighted by Crippen LogP contribution is -2.13. The summed E-state index contributed by atoms with van der Waals surface area (Å²) in [5.41, 5.74) is 7.52. The number of primary amides is 1. The molecule has 9 nitrogen and oxygen atoms in total. The van der Waals surface area contributed by atoms with Gasteiger partial charge in [-0.3, -0.25) is 9.89 Å². The van der Waals surface area contributed by atoms with Crippen molar-refractivity contribution < 1.29 is 13.2 Å². The number of nitrogens with one attached hydrogen (secondary N) is 1. The Morgan fingerprint density at radius 1 is 1.08 bits per heavy atom. The van der Waals surface area contributed by atoms with Gasteiger partial charge in [0.2, 0.25) is 10.0 Å². The smallest absolute Gasteiger partial charge is 0.269 e. The first-order valence-electron chi connectivity index (χ1n) is 7.14. The van der Waals surface area contributed by atoms with Gasteiger partial charge in [-0.1, -0.05) is 0 Å². The maximum atomic E-state index is 11.7. The predicted molar refractivity (Wildman–Crippen MR) is 90.6 cm³/mol. The van der Waals surface area contributed by atoms with Crippen LogP contribution in [0.25, 0.3) is 27.5 Å². The van der Waals surface area contributed by atoms with Gasteiger partial charge in [-0.05, 0) is 36.4 Å². The molecule has 2 heterocycles. The molecule has 126 valence electrons. The molecular formula is C15H12N6O3S. The number of fused-ring (bicyclic) bond motifs is 3. The standard InChI is InChI=1S/C15H12N6O3S/c16-15(22)13-10-5-6-12-11(7-18-19-12)14(10)21(20-13)8-1-3-9(4-2-8)25(17,23)24/h1-7H,(H2,16,22)(H,18,19)(H2,17,23,24). The minimum atomic E-state index is -3.80. The quantitative estimate of drug-likeness (QED) is 0.492. The number of rotatable bonds is 3. The largest absolute Gasteiger partial charge is 0.364 e. The molecule has 0 fully saturated rings. The summed E-state index contributed by atoms with van der Waals surface area (Å²) in [6, 6.07) is 9.37. The number of amides is 1. The molecule has 5 N–H and O–H groups in total. The average molecular weight is 356 g/mol. The van der Waals surface area contributed by atoms with Crippen molar-refractivity contribution in [2.75, 3.05) is 0 Å². The molecule has 0 aliphatic carbocycles. The van der Waals surface area contributed by atoms with Gasteiger partial charge in [0.1, 0.15) is 0 Å². The highest BCUT2D eigenvalue weighted by Gasteiger charge is 2.19. The molecule has 0 aliphatic rings. The third-order valence-corrected chi connectivity index (χ3v) is 4.84. The molecule has 2 aromatic carbocycles. The van der Waals surface area contributed by atoms with Crippen LogP contribution in [-0.4, -0.2) is 34.3 Å². The highest BCUT2D eigenvalue weighted by atomic mass is 32.2. The van der Waals surface area contributed by atoms with E-state index in [2.05, 4.69) is 15.3 Å². The van der Waals surface area contributed by atoms with Gasteiger partial charge in [-0.25, -0.2) is 18.2 Å². The molecule has 0 radical (unpaired) electrons. The fraction of sp³-hybridized carbons (Fsp3) is 0. The number of carbonyl (C=O) groups excluding carboxylic acids is 1. The monoisotopic (exact) mass is 356 g/mol. The van der Waals surface area contributed by atoms with Gasteiger partial charge in [-0.2, -0.15) is 10.2 Å². The van der Waals surface area contributed by atoms with Crippen LogP contribution in [0.3, 0.4) is 0 Å². The predicted octanol–water partition coefficient (Wildman–Crippen LogP) is 0.648. The number of primary sulfonamides is 1. The first-order chi connectivity index (χ1) is 11.9. The van der Waals surface area contributed by atoms with Crippen LogP contribution in [0, 0.1) is 0 Å². The average Bonchev–Trinajstić information content (AvgIpc) is 3.18. The van der Waals surface area contributed by atoms with Gasteiger partial charge in [0.05, 0.1) is 27.8 Å². The highest BCUT2D eigenvalue weighted by molar-refractivity contribution is 7.89. The fourth-order valence-electron chi connectivity index (χ4n) is 2.77. The molecule has 25 heavy (non-hydrogen) atoms. The number of aromatic nitrogens is 4. The van der Waals surface area contributed by atoms with Gasteiger partial charge in [0.15, 0.2) is 5.69 Å². The normalized spacial score (nSPS) is 12.0. The lowest BCUT2D eigenvalue weighted by Gasteiger charge is -2.05. The van der Waals surface area contributed by atoms with Crippen LogP contribution >= 0.6 is 0 Å². The highest BCUT2D eigenvalue weighted by Crippen LogP contribution is 2.29. The van der Waals surface area contributed by atoms with E-state index in [9.17, 15) is 13.2 Å². The number of nitrogens with zero attached hydrogens (tertiary/aromatic N) is 3. The molecule has 4 rings (SSSR count). The first-order valence-corrected chi connectivity index (χ1v) is 8.69. The summed E-state index contributed by atoms with van der Waals surface area (Å²) in [4.78, 5) is 11.7. The third kappa shape index (κ3) is 2.35. The van der Waals surface area contributed by atoms with Gasteiger partial charge in [0.25, 0.3) is 5.91 Å². The van der Waals surface area contributed by atoms with Crippen molar-refractivity contribution >= 4 is 37.7 Å². The molecule has 0 bridgehead atoms. The van der Waals surface area contributed by atoms with Gasteiger partial charge < -0.3 is 5.73 Å². The van der Waals surface area contributed by atoms with Crippen LogP contribution in [0.15, 0.2) is 47.5 Å². The van der Waals surface area contributed by atoms with Crippen molar-refractivity contribution in [3.8, 4) is 5.69 Å². The lowest BCUT2D eigenvalue weighted by molar-refractivity contribution is 0.0996. The van der Waals surface area contributed by atoms with Crippen LogP contribution in [-0.2, 0) is 10.0 Å². The van der Waals surface area contributed by atoms with Gasteiger partial charge in [0, 0.05) is 10.8 Å². The van der Waals surface area contributed by atoms with Crippen LogP contribution in [0.5, 0.6) is 0 Å². The van der Waals surface area contributed by atoms with Crippen molar-refractivity contribution in [2.24, 2.45) is 10.9 Å². The van der Waals surface area contributed by atoms with Crippen molar-refractivity contribution in [2.45, 2.75) is 4.90 Å². The molecule has 0 spiro atoms. The molecule has 2 aromatic heterocycles. The molecule has 0 atom stereocenters. The SMILES string of the molecule is NC(=O)c1nn(-c2ccc(S(N)(=O)=O)cc2)c2c1ccc1[nH]ncc12. The van der Waals surface area contributed by atoms with Crippen LogP contribution in [0.4, 0.5) is 0 Å². The van der Waals surface area contributed by atoms with Gasteiger partial charge in [-0.15, -0.1) is 0 Å². The molecular weight excluding hydrogens is 344 g/mol. The zero-order chi connectivity index (χ0) is 17.8. The Bertz CT molecular complexity index is 1240. The van der Waals surface area contributed by atoms with E-state index in [1.807, 2.05) is 0 Å². The Labute approximate surface area is 141 Å². The van der Waals surface area contributed by atoms with E-state index >= 15 is 0 Å². The van der Waals surface area contributed by atoms with Crippen molar-refractivity contribution in [3.05, 3.63) is 48.3 Å². The molecule has 10 heteroatoms. The summed E-state index contributed by atoms with van der Waals surface area (Å²) in [5.74, 6) is -0.659. The molecule has 0 saturated carbocycles. The summed E-state index contributed by atoms with van der Waals surface area (Å²) >= 11 is 0. The van der Waals surface area contributed by atoms with E-state index < -0.39 is 15.9 Å². The zero-order valence-corrected chi connectivity index (χ0v) is 13.5. The van der Waals surface area contributed by atoms with E-state index in [-0.39, 0.29) is 10.6 Å². The van der Waals surface area contributed by atoms with E-state index in [1.54, 1.807) is 30.5 Å². The van der Waals surface area contributed by atoms with E-state index in [4.69, 9.17) is 10.9 Å². The lowest BCUT2D eigenvalue weighted by atomic mass is 10.1. The Hall–Kier alpha value is -3.24. The number of sulfonamides is 1. The summed E-state index contributed by atoms with van der Waals surface area (Å²) in [7, 11) is -3.80. The molecule has 0 aliphatic heterocycles. The molecule has 0 unspecified atom stereocenters. The second-order valence-electron chi connectivity index (χ2n) is 5.46. The van der Waals surface area contributed by atoms with Crippen LogP contribution in [0.1, 0.15) is 10.5 Å². The second kappa shape index (κ2) is 5.13. The third-order valence-electron chi connectivity index (χ3n) is 3.91. The summed E-state index contributed by atoms with van der Waals surface area (Å²) in [5, 5.41) is 17.6. The fourth-order valence-corrected chi connectivity index (χ4v) is 3.29. The Morgan fingerprint density at radius 3 is 2.44 bits per heavy atom. The number of nitrogens with two attached hydrogens (primary N) is 2. The van der Waals surface area contributed by atoms with E-state index in [1.165, 1.54) is 16.8 Å². The summed E-state index contributed by atoms with van der Waals surface area (Å²) < 4.78 is 24.3. The number of hydrogen-bond donors (Lipinski definition) is 3. The minimum absolute atomic E-state index is 0.0173. The van der Waals surface area contributed by atoms with Crippen molar-refractivity contribution in [1.29, 1.82) is 0 Å². The summed E-state index contributed by atoms with van der Waals surface area (Å²) in [6.45, 7) is 0. The first kappa shape index (κ1) is 15.3. The number of hydrogen-bond acceptors (Lipinski definition) is 5. The second-order valence-corrected chi connectivity index (χ2v) is 7.02. The number of aromatic amines is 1. The van der Waals surface area contributed by atoms with Crippen molar-refractivity contribution in [3.63, 3.8) is 0 Å². The topological polar surface area (TPSA) is 150 Å². The molecule has 1 amide bonds. The Balaban J connectivity index is 2.04. The summed E-state index contributed by atoms with van der Waals surface area (Å²) in [6.07, 6.45) is 1.62. The van der Waals surface area contributed by atoms with E-state index in [0.717, 1.165) is 10.9 Å². The Kier molecular flexibility index (Phi) is 3.14.